The van der Waals surface area contributed by atoms with Crippen molar-refractivity contribution in [2.45, 2.75) is 5.03 Å². The fourth-order valence-corrected chi connectivity index (χ4v) is 1.90. The largest absolute Gasteiger partial charge is 0.395 e. The Morgan fingerprint density at radius 1 is 1.33 bits per heavy atom. The fraction of sp³-hybridized carbons (Fsp3) is 0.100. The van der Waals surface area contributed by atoms with Crippen LogP contribution < -0.4 is 5.73 Å². The predicted molar refractivity (Wildman–Crippen MR) is 60.3 cm³/mol. The van der Waals surface area contributed by atoms with Gasteiger partial charge in [0, 0.05) is 6.26 Å². The summed E-state index contributed by atoms with van der Waals surface area (Å²) in [5.74, 6) is 0. The summed E-state index contributed by atoms with van der Waals surface area (Å²) in [6, 6.07) is 9.57. The molecule has 4 nitrogen and oxygen atoms in total. The number of benzene rings is 1. The van der Waals surface area contributed by atoms with Crippen LogP contribution in [0.3, 0.4) is 0 Å². The van der Waals surface area contributed by atoms with Gasteiger partial charge in [0.1, 0.15) is 0 Å². The number of hydrogen-bond acceptors (Lipinski definition) is 3. The number of rotatable bonds is 2. The topological polar surface area (TPSA) is 60.9 Å². The number of nitrogens with two attached hydrogens (primary N) is 1. The van der Waals surface area contributed by atoms with Crippen molar-refractivity contribution in [1.82, 2.24) is 9.78 Å². The van der Waals surface area contributed by atoms with Crippen LogP contribution in [0.25, 0.3) is 5.69 Å². The Morgan fingerprint density at radius 2 is 2.00 bits per heavy atom. The van der Waals surface area contributed by atoms with Crippen LogP contribution in [0.2, 0.25) is 0 Å². The summed E-state index contributed by atoms with van der Waals surface area (Å²) >= 11 is 0. The number of nitrogens with zero attached hydrogens (tertiary/aromatic N) is 2. The lowest BCUT2D eigenvalue weighted by Gasteiger charge is -1.98. The summed E-state index contributed by atoms with van der Waals surface area (Å²) in [7, 11) is -1.15. The molecule has 1 aromatic carbocycles. The SMILES string of the molecule is CS(=O)c1nn(-c2ccccc2)cc1N. The van der Waals surface area contributed by atoms with Crippen LogP contribution in [0, 0.1) is 0 Å². The van der Waals surface area contributed by atoms with Gasteiger partial charge >= 0.3 is 0 Å². The van der Waals surface area contributed by atoms with Crippen LogP contribution in [0.5, 0.6) is 0 Å². The van der Waals surface area contributed by atoms with Gasteiger partial charge in [-0.1, -0.05) is 18.2 Å². The second-order valence-electron chi connectivity index (χ2n) is 3.12. The summed E-state index contributed by atoms with van der Waals surface area (Å²) in [4.78, 5) is 0. The number of aromatic nitrogens is 2. The van der Waals surface area contributed by atoms with Crippen LogP contribution >= 0.6 is 0 Å². The molecule has 5 heteroatoms. The van der Waals surface area contributed by atoms with Crippen molar-refractivity contribution >= 4 is 16.5 Å². The molecule has 0 saturated carbocycles. The molecule has 0 radical (unpaired) electrons. The van der Waals surface area contributed by atoms with E-state index >= 15 is 0 Å². The maximum Gasteiger partial charge on any atom is 0.172 e. The Hall–Kier alpha value is -1.62. The van der Waals surface area contributed by atoms with E-state index in [0.29, 0.717) is 10.7 Å². The molecular formula is C10H11N3OS. The van der Waals surface area contributed by atoms with Gasteiger partial charge in [-0.15, -0.1) is 0 Å². The van der Waals surface area contributed by atoms with Gasteiger partial charge < -0.3 is 5.73 Å². The van der Waals surface area contributed by atoms with Crippen LogP contribution in [-0.2, 0) is 10.8 Å². The Bertz CT molecular complexity index is 493. The molecule has 2 rings (SSSR count). The van der Waals surface area contributed by atoms with E-state index in [9.17, 15) is 4.21 Å². The first-order chi connectivity index (χ1) is 7.18. The number of hydrogen-bond donors (Lipinski definition) is 1. The fourth-order valence-electron chi connectivity index (χ4n) is 1.31. The maximum absolute atomic E-state index is 11.3. The lowest BCUT2D eigenvalue weighted by Crippen LogP contribution is -1.96. The zero-order valence-corrected chi connectivity index (χ0v) is 9.07. The molecule has 1 unspecified atom stereocenters. The maximum atomic E-state index is 11.3. The Balaban J connectivity index is 2.48. The minimum Gasteiger partial charge on any atom is -0.395 e. The third-order valence-electron chi connectivity index (χ3n) is 2.00. The third-order valence-corrected chi connectivity index (χ3v) is 2.86. The molecule has 1 atom stereocenters. The quantitative estimate of drug-likeness (QED) is 0.828. The normalized spacial score (nSPS) is 12.6. The van der Waals surface area contributed by atoms with Crippen molar-refractivity contribution in [3.63, 3.8) is 0 Å². The van der Waals surface area contributed by atoms with Crippen molar-refractivity contribution in [2.24, 2.45) is 0 Å². The predicted octanol–water partition coefficient (Wildman–Crippen LogP) is 1.19. The van der Waals surface area contributed by atoms with Gasteiger partial charge in [0.25, 0.3) is 0 Å². The molecule has 1 aromatic heterocycles. The van der Waals surface area contributed by atoms with Crippen molar-refractivity contribution in [2.75, 3.05) is 12.0 Å². The van der Waals surface area contributed by atoms with Crippen molar-refractivity contribution in [3.8, 4) is 5.69 Å². The van der Waals surface area contributed by atoms with Crippen molar-refractivity contribution in [3.05, 3.63) is 36.5 Å². The van der Waals surface area contributed by atoms with Gasteiger partial charge in [-0.25, -0.2) is 4.68 Å². The molecule has 2 aromatic rings. The molecule has 0 bridgehead atoms. The minimum absolute atomic E-state index is 0.429. The van der Waals surface area contributed by atoms with Crippen molar-refractivity contribution < 1.29 is 4.21 Å². The minimum atomic E-state index is -1.15. The molecule has 0 fully saturated rings. The Labute approximate surface area is 90.2 Å². The first-order valence-electron chi connectivity index (χ1n) is 4.42. The summed E-state index contributed by atoms with van der Waals surface area (Å²) in [5, 5.41) is 4.60. The zero-order chi connectivity index (χ0) is 10.8. The molecule has 0 spiro atoms. The lowest BCUT2D eigenvalue weighted by molar-refractivity contribution is 0.682. The van der Waals surface area contributed by atoms with E-state index in [1.165, 1.54) is 0 Å². The summed E-state index contributed by atoms with van der Waals surface area (Å²) in [6.07, 6.45) is 3.24. The van der Waals surface area contributed by atoms with E-state index in [-0.39, 0.29) is 0 Å². The number of nitrogen functional groups attached to an aromatic ring is 1. The molecule has 0 amide bonds. The number of para-hydroxylation sites is 1. The van der Waals surface area contributed by atoms with E-state index in [0.717, 1.165) is 5.69 Å². The molecule has 0 aliphatic rings. The highest BCUT2D eigenvalue weighted by atomic mass is 32.2. The molecular weight excluding hydrogens is 210 g/mol. The van der Waals surface area contributed by atoms with Gasteiger partial charge in [-0.05, 0) is 12.1 Å². The van der Waals surface area contributed by atoms with E-state index in [2.05, 4.69) is 5.10 Å². The van der Waals surface area contributed by atoms with Gasteiger partial charge in [0.05, 0.1) is 28.4 Å². The molecule has 15 heavy (non-hydrogen) atoms. The van der Waals surface area contributed by atoms with E-state index in [4.69, 9.17) is 5.73 Å². The summed E-state index contributed by atoms with van der Waals surface area (Å²) in [5.41, 5.74) is 7.06. The molecule has 78 valence electrons. The van der Waals surface area contributed by atoms with E-state index in [1.807, 2.05) is 30.3 Å². The smallest absolute Gasteiger partial charge is 0.172 e. The summed E-state index contributed by atoms with van der Waals surface area (Å²) in [6.45, 7) is 0. The standard InChI is InChI=1S/C10H11N3OS/c1-15(14)10-9(11)7-13(12-10)8-5-3-2-4-6-8/h2-7H,11H2,1H3. The van der Waals surface area contributed by atoms with Crippen LogP contribution in [0.1, 0.15) is 0 Å². The van der Waals surface area contributed by atoms with Gasteiger partial charge in [-0.2, -0.15) is 5.10 Å². The molecule has 0 saturated heterocycles. The molecule has 0 aliphatic heterocycles. The van der Waals surface area contributed by atoms with Crippen LogP contribution in [-0.4, -0.2) is 20.2 Å². The van der Waals surface area contributed by atoms with Crippen LogP contribution in [0.15, 0.2) is 41.6 Å². The van der Waals surface area contributed by atoms with Crippen LogP contribution in [0.4, 0.5) is 5.69 Å². The summed E-state index contributed by atoms with van der Waals surface area (Å²) < 4.78 is 12.9. The Morgan fingerprint density at radius 3 is 2.53 bits per heavy atom. The van der Waals surface area contributed by atoms with Gasteiger partial charge in [0.2, 0.25) is 0 Å². The highest BCUT2D eigenvalue weighted by Crippen LogP contribution is 2.16. The lowest BCUT2D eigenvalue weighted by atomic mass is 10.3. The second-order valence-corrected chi connectivity index (χ2v) is 4.42. The molecule has 2 N–H and O–H groups in total. The molecule has 1 heterocycles. The first-order valence-corrected chi connectivity index (χ1v) is 5.98. The average molecular weight is 221 g/mol. The second kappa shape index (κ2) is 3.86. The average Bonchev–Trinajstić information content (AvgIpc) is 2.62. The molecule has 0 aliphatic carbocycles. The highest BCUT2D eigenvalue weighted by molar-refractivity contribution is 7.84. The first kappa shape index (κ1) is 9.92. The number of anilines is 1. The van der Waals surface area contributed by atoms with E-state index in [1.54, 1.807) is 17.1 Å². The van der Waals surface area contributed by atoms with Gasteiger partial charge in [0.15, 0.2) is 5.03 Å². The zero-order valence-electron chi connectivity index (χ0n) is 8.25. The monoisotopic (exact) mass is 221 g/mol. The van der Waals surface area contributed by atoms with Crippen molar-refractivity contribution in [1.29, 1.82) is 0 Å². The highest BCUT2D eigenvalue weighted by Gasteiger charge is 2.09. The third kappa shape index (κ3) is 1.92. The Kier molecular flexibility index (Phi) is 2.55. The van der Waals surface area contributed by atoms with Gasteiger partial charge in [-0.3, -0.25) is 4.21 Å². The van der Waals surface area contributed by atoms with E-state index < -0.39 is 10.8 Å².